The number of aromatic nitrogens is 2. The van der Waals surface area contributed by atoms with Crippen LogP contribution in [0.4, 0.5) is 5.13 Å². The van der Waals surface area contributed by atoms with Gasteiger partial charge in [0.25, 0.3) is 5.91 Å². The van der Waals surface area contributed by atoms with Gasteiger partial charge in [0, 0.05) is 11.9 Å². The molecule has 0 saturated carbocycles. The fourth-order valence-corrected chi connectivity index (χ4v) is 4.84. The Morgan fingerprint density at radius 3 is 2.61 bits per heavy atom. The van der Waals surface area contributed by atoms with Crippen molar-refractivity contribution in [1.29, 1.82) is 0 Å². The number of nitrogens with zero attached hydrogens (tertiary/aromatic N) is 3. The zero-order valence-corrected chi connectivity index (χ0v) is 19.9. The number of para-hydroxylation sites is 1. The second-order valence-corrected chi connectivity index (χ2v) is 9.23. The van der Waals surface area contributed by atoms with Crippen LogP contribution in [-0.2, 0) is 27.4 Å². The standard InChI is InChI=1S/C24H23N3O4S2/c1-3-27(24-26-19-6-4-5-7-20(19)33-24)22(28)14-31-23(29)12-17-15-32-21(25-17)13-30-18-10-8-16(2)9-11-18/h4-11,15H,3,12-14H2,1-2H3. The Morgan fingerprint density at radius 2 is 1.85 bits per heavy atom. The molecule has 0 radical (unpaired) electrons. The quantitative estimate of drug-likeness (QED) is 0.320. The van der Waals surface area contributed by atoms with Gasteiger partial charge in [0.05, 0.1) is 22.3 Å². The molecule has 0 saturated heterocycles. The molecule has 0 aliphatic heterocycles. The molecule has 9 heteroatoms. The van der Waals surface area contributed by atoms with Gasteiger partial charge in [0.15, 0.2) is 11.7 Å². The van der Waals surface area contributed by atoms with E-state index in [1.165, 1.54) is 27.6 Å². The van der Waals surface area contributed by atoms with Crippen molar-refractivity contribution in [2.45, 2.75) is 26.9 Å². The molecule has 0 aliphatic carbocycles. The molecule has 170 valence electrons. The second-order valence-electron chi connectivity index (χ2n) is 7.27. The third kappa shape index (κ3) is 5.94. The predicted octanol–water partition coefficient (Wildman–Crippen LogP) is 4.78. The highest BCUT2D eigenvalue weighted by molar-refractivity contribution is 7.22. The van der Waals surface area contributed by atoms with Crippen LogP contribution in [0.5, 0.6) is 5.75 Å². The number of benzene rings is 2. The monoisotopic (exact) mass is 481 g/mol. The number of hydrogen-bond acceptors (Lipinski definition) is 8. The van der Waals surface area contributed by atoms with Gasteiger partial charge < -0.3 is 9.47 Å². The molecule has 1 amide bonds. The molecule has 0 N–H and O–H groups in total. The topological polar surface area (TPSA) is 81.6 Å². The molecule has 7 nitrogen and oxygen atoms in total. The van der Waals surface area contributed by atoms with Crippen LogP contribution in [0.3, 0.4) is 0 Å². The molecule has 0 atom stereocenters. The van der Waals surface area contributed by atoms with E-state index in [2.05, 4.69) is 9.97 Å². The first-order chi connectivity index (χ1) is 16.0. The number of anilines is 1. The Bertz CT molecular complexity index is 1220. The minimum absolute atomic E-state index is 0.00156. The highest BCUT2D eigenvalue weighted by Crippen LogP contribution is 2.28. The second kappa shape index (κ2) is 10.5. The first-order valence-electron chi connectivity index (χ1n) is 10.5. The van der Waals surface area contributed by atoms with Gasteiger partial charge in [-0.1, -0.05) is 41.2 Å². The first-order valence-corrected chi connectivity index (χ1v) is 12.2. The first kappa shape index (κ1) is 22.9. The van der Waals surface area contributed by atoms with Gasteiger partial charge in [-0.15, -0.1) is 11.3 Å². The maximum absolute atomic E-state index is 12.6. The SMILES string of the molecule is CCN(C(=O)COC(=O)Cc1csc(COc2ccc(C)cc2)n1)c1nc2ccccc2s1. The van der Waals surface area contributed by atoms with E-state index in [0.29, 0.717) is 24.0 Å². The summed E-state index contributed by atoms with van der Waals surface area (Å²) in [6.45, 7) is 4.31. The highest BCUT2D eigenvalue weighted by Gasteiger charge is 2.20. The van der Waals surface area contributed by atoms with Crippen LogP contribution in [0.15, 0.2) is 53.9 Å². The number of likely N-dealkylation sites (N-methyl/N-ethyl adjacent to an activating group) is 1. The van der Waals surface area contributed by atoms with Crippen molar-refractivity contribution in [1.82, 2.24) is 9.97 Å². The van der Waals surface area contributed by atoms with Crippen LogP contribution in [0.2, 0.25) is 0 Å². The fraction of sp³-hybridized carbons (Fsp3) is 0.250. The van der Waals surface area contributed by atoms with Crippen molar-refractivity contribution < 1.29 is 19.1 Å². The summed E-state index contributed by atoms with van der Waals surface area (Å²) in [6.07, 6.45) is 0.00156. The van der Waals surface area contributed by atoms with E-state index in [0.717, 1.165) is 26.5 Å². The maximum Gasteiger partial charge on any atom is 0.312 e. The van der Waals surface area contributed by atoms with Crippen LogP contribution >= 0.6 is 22.7 Å². The molecular formula is C24H23N3O4S2. The van der Waals surface area contributed by atoms with Gasteiger partial charge >= 0.3 is 5.97 Å². The van der Waals surface area contributed by atoms with Gasteiger partial charge in [-0.3, -0.25) is 14.5 Å². The summed E-state index contributed by atoms with van der Waals surface area (Å²) in [5, 5.41) is 3.16. The predicted molar refractivity (Wildman–Crippen MR) is 130 cm³/mol. The number of thiazole rings is 2. The van der Waals surface area contributed by atoms with E-state index in [1.807, 2.05) is 62.4 Å². The number of carbonyl (C=O) groups excluding carboxylic acids is 2. The zero-order valence-electron chi connectivity index (χ0n) is 18.3. The summed E-state index contributed by atoms with van der Waals surface area (Å²) in [6, 6.07) is 15.5. The van der Waals surface area contributed by atoms with Crippen molar-refractivity contribution in [2.24, 2.45) is 0 Å². The van der Waals surface area contributed by atoms with Crippen molar-refractivity contribution in [2.75, 3.05) is 18.1 Å². The normalized spacial score (nSPS) is 10.8. The smallest absolute Gasteiger partial charge is 0.312 e. The van der Waals surface area contributed by atoms with Gasteiger partial charge in [-0.2, -0.15) is 0 Å². The van der Waals surface area contributed by atoms with Crippen LogP contribution in [0, 0.1) is 6.92 Å². The molecule has 0 aliphatic rings. The van der Waals surface area contributed by atoms with Gasteiger partial charge in [0.1, 0.15) is 17.4 Å². The summed E-state index contributed by atoms with van der Waals surface area (Å²) in [4.78, 5) is 35.4. The summed E-state index contributed by atoms with van der Waals surface area (Å²) in [5.74, 6) is -0.0424. The van der Waals surface area contributed by atoms with Crippen molar-refractivity contribution in [3.05, 3.63) is 70.2 Å². The van der Waals surface area contributed by atoms with E-state index < -0.39 is 5.97 Å². The van der Waals surface area contributed by atoms with Crippen molar-refractivity contribution >= 4 is 49.9 Å². The van der Waals surface area contributed by atoms with Crippen LogP contribution in [-0.4, -0.2) is 35.0 Å². The Balaban J connectivity index is 1.27. The molecule has 0 fully saturated rings. The Morgan fingerprint density at radius 1 is 1.06 bits per heavy atom. The van der Waals surface area contributed by atoms with E-state index in [9.17, 15) is 9.59 Å². The summed E-state index contributed by atoms with van der Waals surface area (Å²) >= 11 is 2.85. The maximum atomic E-state index is 12.6. The van der Waals surface area contributed by atoms with Gasteiger partial charge in [0.2, 0.25) is 0 Å². The van der Waals surface area contributed by atoms with E-state index >= 15 is 0 Å². The lowest BCUT2D eigenvalue weighted by atomic mass is 10.2. The largest absolute Gasteiger partial charge is 0.486 e. The lowest BCUT2D eigenvalue weighted by molar-refractivity contribution is -0.147. The molecule has 0 bridgehead atoms. The lowest BCUT2D eigenvalue weighted by Crippen LogP contribution is -2.34. The lowest BCUT2D eigenvalue weighted by Gasteiger charge is -2.17. The van der Waals surface area contributed by atoms with E-state index in [1.54, 1.807) is 5.38 Å². The number of hydrogen-bond donors (Lipinski definition) is 0. The van der Waals surface area contributed by atoms with E-state index in [4.69, 9.17) is 9.47 Å². The number of ether oxygens (including phenoxy) is 2. The number of esters is 1. The minimum Gasteiger partial charge on any atom is -0.486 e. The molecule has 4 aromatic rings. The molecule has 2 aromatic carbocycles. The average molecular weight is 482 g/mol. The van der Waals surface area contributed by atoms with Crippen LogP contribution in [0.1, 0.15) is 23.2 Å². The summed E-state index contributed by atoms with van der Waals surface area (Å²) in [5.41, 5.74) is 2.60. The third-order valence-corrected chi connectivity index (χ3v) is 6.73. The fourth-order valence-electron chi connectivity index (χ4n) is 3.09. The number of fused-ring (bicyclic) bond motifs is 1. The number of rotatable bonds is 9. The average Bonchev–Trinajstić information content (AvgIpc) is 3.44. The third-order valence-electron chi connectivity index (χ3n) is 4.80. The molecule has 33 heavy (non-hydrogen) atoms. The van der Waals surface area contributed by atoms with Crippen molar-refractivity contribution in [3.8, 4) is 5.75 Å². The number of aryl methyl sites for hydroxylation is 1. The molecular weight excluding hydrogens is 458 g/mol. The molecule has 4 rings (SSSR count). The molecule has 2 aromatic heterocycles. The number of amides is 1. The zero-order chi connectivity index (χ0) is 23.2. The Hall–Kier alpha value is -3.30. The number of carbonyl (C=O) groups is 2. The van der Waals surface area contributed by atoms with Gasteiger partial charge in [-0.25, -0.2) is 9.97 Å². The molecule has 0 unspecified atom stereocenters. The Kier molecular flexibility index (Phi) is 7.31. The summed E-state index contributed by atoms with van der Waals surface area (Å²) in [7, 11) is 0. The molecule has 2 heterocycles. The van der Waals surface area contributed by atoms with Gasteiger partial charge in [-0.05, 0) is 38.1 Å². The Labute approximate surface area is 199 Å². The minimum atomic E-state index is -0.500. The van der Waals surface area contributed by atoms with Crippen LogP contribution in [0.25, 0.3) is 10.2 Å². The van der Waals surface area contributed by atoms with Crippen molar-refractivity contribution in [3.63, 3.8) is 0 Å². The highest BCUT2D eigenvalue weighted by atomic mass is 32.1. The summed E-state index contributed by atoms with van der Waals surface area (Å²) < 4.78 is 11.9. The van der Waals surface area contributed by atoms with E-state index in [-0.39, 0.29) is 18.9 Å². The van der Waals surface area contributed by atoms with Crippen LogP contribution < -0.4 is 9.64 Å². The molecule has 0 spiro atoms.